The van der Waals surface area contributed by atoms with E-state index < -0.39 is 0 Å². The summed E-state index contributed by atoms with van der Waals surface area (Å²) in [6.45, 7) is 4.95. The molecule has 0 atom stereocenters. The lowest BCUT2D eigenvalue weighted by atomic mass is 10.1. The molecule has 0 aliphatic carbocycles. The number of nitrogens with zero attached hydrogens (tertiary/aromatic N) is 5. The van der Waals surface area contributed by atoms with Crippen LogP contribution in [0.2, 0.25) is 0 Å². The fourth-order valence-corrected chi connectivity index (χ4v) is 2.81. The normalized spacial score (nSPS) is 15.2. The lowest BCUT2D eigenvalue weighted by molar-refractivity contribution is -0.121. The van der Waals surface area contributed by atoms with Gasteiger partial charge in [0, 0.05) is 19.6 Å². The number of piperidine rings is 1. The van der Waals surface area contributed by atoms with Crippen LogP contribution in [0.4, 0.5) is 5.82 Å². The number of nitrogens with one attached hydrogen (secondary N) is 1. The monoisotopic (exact) mass is 302 g/mol. The Kier molecular flexibility index (Phi) is 4.50. The summed E-state index contributed by atoms with van der Waals surface area (Å²) in [5.41, 5.74) is 0.724. The molecule has 3 heterocycles. The van der Waals surface area contributed by atoms with Crippen LogP contribution in [-0.4, -0.2) is 45.3 Å². The van der Waals surface area contributed by atoms with Crippen LogP contribution in [0.5, 0.6) is 0 Å². The zero-order chi connectivity index (χ0) is 15.4. The molecule has 0 unspecified atom stereocenters. The number of carbonyl (C=O) groups is 1. The molecule has 1 saturated heterocycles. The Hall–Kier alpha value is -2.18. The quantitative estimate of drug-likeness (QED) is 0.902. The van der Waals surface area contributed by atoms with Crippen molar-refractivity contribution < 1.29 is 4.79 Å². The Morgan fingerprint density at radius 2 is 2.09 bits per heavy atom. The Morgan fingerprint density at radius 1 is 1.27 bits per heavy atom. The third kappa shape index (κ3) is 3.03. The Labute approximate surface area is 129 Å². The summed E-state index contributed by atoms with van der Waals surface area (Å²) in [5, 5.41) is 8.11. The molecule has 0 saturated carbocycles. The lowest BCUT2D eigenvalue weighted by Crippen LogP contribution is -2.30. The average molecular weight is 302 g/mol. The SMILES string of the molecule is CCCNC(=O)Cn1ncc2c(N3CCCCC3)ncnc21. The number of aromatic nitrogens is 4. The largest absolute Gasteiger partial charge is 0.356 e. The highest BCUT2D eigenvalue weighted by atomic mass is 16.2. The molecule has 1 amide bonds. The minimum Gasteiger partial charge on any atom is -0.356 e. The van der Waals surface area contributed by atoms with Crippen molar-refractivity contribution in [3.05, 3.63) is 12.5 Å². The predicted octanol–water partition coefficient (Wildman–Crippen LogP) is 1.34. The van der Waals surface area contributed by atoms with E-state index in [9.17, 15) is 4.79 Å². The zero-order valence-corrected chi connectivity index (χ0v) is 13.0. The van der Waals surface area contributed by atoms with Gasteiger partial charge in [-0.05, 0) is 25.7 Å². The Bertz CT molecular complexity index is 647. The number of fused-ring (bicyclic) bond motifs is 1. The van der Waals surface area contributed by atoms with E-state index in [-0.39, 0.29) is 12.5 Å². The summed E-state index contributed by atoms with van der Waals surface area (Å²) in [4.78, 5) is 22.9. The van der Waals surface area contributed by atoms with E-state index in [1.54, 1.807) is 17.2 Å². The highest BCUT2D eigenvalue weighted by molar-refractivity contribution is 5.87. The molecule has 1 aliphatic heterocycles. The highest BCUT2D eigenvalue weighted by Gasteiger charge is 2.18. The van der Waals surface area contributed by atoms with Crippen LogP contribution in [0.1, 0.15) is 32.6 Å². The van der Waals surface area contributed by atoms with Crippen molar-refractivity contribution in [1.29, 1.82) is 0 Å². The molecule has 1 fully saturated rings. The van der Waals surface area contributed by atoms with Crippen LogP contribution in [0.3, 0.4) is 0 Å². The summed E-state index contributed by atoms with van der Waals surface area (Å²) in [6.07, 6.45) is 7.92. The maximum absolute atomic E-state index is 11.9. The fourth-order valence-electron chi connectivity index (χ4n) is 2.81. The van der Waals surface area contributed by atoms with Gasteiger partial charge in [0.1, 0.15) is 18.7 Å². The molecule has 2 aromatic heterocycles. The molecule has 2 aromatic rings. The van der Waals surface area contributed by atoms with Crippen LogP contribution in [0, 0.1) is 0 Å². The minimum atomic E-state index is -0.0371. The van der Waals surface area contributed by atoms with E-state index in [0.717, 1.165) is 36.4 Å². The van der Waals surface area contributed by atoms with Crippen molar-refractivity contribution in [2.75, 3.05) is 24.5 Å². The van der Waals surface area contributed by atoms with Gasteiger partial charge in [-0.3, -0.25) is 4.79 Å². The molecule has 0 aromatic carbocycles. The van der Waals surface area contributed by atoms with Crippen LogP contribution in [0.15, 0.2) is 12.5 Å². The van der Waals surface area contributed by atoms with Crippen molar-refractivity contribution in [2.24, 2.45) is 0 Å². The van der Waals surface area contributed by atoms with Gasteiger partial charge in [-0.1, -0.05) is 6.92 Å². The smallest absolute Gasteiger partial charge is 0.241 e. The second kappa shape index (κ2) is 6.72. The number of hydrogen-bond donors (Lipinski definition) is 1. The van der Waals surface area contributed by atoms with Gasteiger partial charge in [0.05, 0.1) is 11.6 Å². The zero-order valence-electron chi connectivity index (χ0n) is 13.0. The molecule has 1 N–H and O–H groups in total. The molecule has 7 nitrogen and oxygen atoms in total. The van der Waals surface area contributed by atoms with Gasteiger partial charge in [0.15, 0.2) is 5.65 Å². The van der Waals surface area contributed by atoms with Gasteiger partial charge >= 0.3 is 0 Å². The Morgan fingerprint density at radius 3 is 2.86 bits per heavy atom. The van der Waals surface area contributed by atoms with Crippen LogP contribution < -0.4 is 10.2 Å². The first kappa shape index (κ1) is 14.7. The molecule has 1 aliphatic rings. The third-order valence-corrected chi connectivity index (χ3v) is 3.93. The van der Waals surface area contributed by atoms with E-state index in [1.807, 2.05) is 6.92 Å². The van der Waals surface area contributed by atoms with Crippen LogP contribution >= 0.6 is 0 Å². The first-order valence-corrected chi connectivity index (χ1v) is 7.97. The maximum atomic E-state index is 11.9. The highest BCUT2D eigenvalue weighted by Crippen LogP contribution is 2.25. The standard InChI is InChI=1S/C15H22N6O/c1-2-6-16-13(22)10-21-15-12(9-19-21)14(17-11-18-15)20-7-4-3-5-8-20/h9,11H,2-8,10H2,1H3,(H,16,22). The van der Waals surface area contributed by atoms with Gasteiger partial charge in [0.25, 0.3) is 0 Å². The molecule has 0 spiro atoms. The van der Waals surface area contributed by atoms with Crippen molar-refractivity contribution in [2.45, 2.75) is 39.2 Å². The maximum Gasteiger partial charge on any atom is 0.241 e. The molecule has 0 bridgehead atoms. The van der Waals surface area contributed by atoms with E-state index in [2.05, 4.69) is 25.3 Å². The third-order valence-electron chi connectivity index (χ3n) is 3.93. The molecular formula is C15H22N6O. The summed E-state index contributed by atoms with van der Waals surface area (Å²) in [5.74, 6) is 0.898. The lowest BCUT2D eigenvalue weighted by Gasteiger charge is -2.27. The number of rotatable bonds is 5. The van der Waals surface area contributed by atoms with Gasteiger partial charge in [0.2, 0.25) is 5.91 Å². The van der Waals surface area contributed by atoms with E-state index >= 15 is 0 Å². The van der Waals surface area contributed by atoms with Crippen molar-refractivity contribution >= 4 is 22.8 Å². The average Bonchev–Trinajstić information content (AvgIpc) is 2.97. The summed E-state index contributed by atoms with van der Waals surface area (Å²) in [6, 6.07) is 0. The van der Waals surface area contributed by atoms with Gasteiger partial charge in [-0.2, -0.15) is 5.10 Å². The predicted molar refractivity (Wildman–Crippen MR) is 84.7 cm³/mol. The summed E-state index contributed by atoms with van der Waals surface area (Å²) in [7, 11) is 0. The molecular weight excluding hydrogens is 280 g/mol. The topological polar surface area (TPSA) is 75.9 Å². The van der Waals surface area contributed by atoms with Crippen molar-refractivity contribution in [1.82, 2.24) is 25.1 Å². The molecule has 0 radical (unpaired) electrons. The second-order valence-corrected chi connectivity index (χ2v) is 5.63. The van der Waals surface area contributed by atoms with Gasteiger partial charge in [-0.25, -0.2) is 14.6 Å². The Balaban J connectivity index is 1.83. The summed E-state index contributed by atoms with van der Waals surface area (Å²) < 4.78 is 1.65. The second-order valence-electron chi connectivity index (χ2n) is 5.63. The molecule has 3 rings (SSSR count). The number of carbonyl (C=O) groups excluding carboxylic acids is 1. The molecule has 22 heavy (non-hydrogen) atoms. The van der Waals surface area contributed by atoms with Crippen LogP contribution in [-0.2, 0) is 11.3 Å². The fraction of sp³-hybridized carbons (Fsp3) is 0.600. The van der Waals surface area contributed by atoms with E-state index in [1.165, 1.54) is 19.3 Å². The summed E-state index contributed by atoms with van der Waals surface area (Å²) >= 11 is 0. The van der Waals surface area contributed by atoms with Crippen molar-refractivity contribution in [3.63, 3.8) is 0 Å². The van der Waals surface area contributed by atoms with Gasteiger partial charge in [-0.15, -0.1) is 0 Å². The molecule has 118 valence electrons. The molecule has 7 heteroatoms. The first-order valence-electron chi connectivity index (χ1n) is 7.97. The first-order chi connectivity index (χ1) is 10.8. The number of anilines is 1. The number of amides is 1. The van der Waals surface area contributed by atoms with E-state index in [0.29, 0.717) is 6.54 Å². The minimum absolute atomic E-state index is 0.0371. The number of hydrogen-bond acceptors (Lipinski definition) is 5. The van der Waals surface area contributed by atoms with E-state index in [4.69, 9.17) is 0 Å². The van der Waals surface area contributed by atoms with Crippen molar-refractivity contribution in [3.8, 4) is 0 Å². The van der Waals surface area contributed by atoms with Crippen LogP contribution in [0.25, 0.3) is 11.0 Å². The van der Waals surface area contributed by atoms with Gasteiger partial charge < -0.3 is 10.2 Å².